The van der Waals surface area contributed by atoms with Gasteiger partial charge in [0.15, 0.2) is 0 Å². The Hall–Kier alpha value is -1.10. The maximum Gasteiger partial charge on any atom is 0.124 e. The first-order valence-electron chi connectivity index (χ1n) is 5.76. The van der Waals surface area contributed by atoms with Crippen molar-refractivity contribution >= 4 is 22.6 Å². The average molecular weight is 252 g/mol. The lowest BCUT2D eigenvalue weighted by Crippen LogP contribution is -2.35. The zero-order valence-electron chi connectivity index (χ0n) is 9.43. The molecule has 0 atom stereocenters. The second-order valence-corrected chi connectivity index (χ2v) is 4.75. The minimum absolute atomic E-state index is 0.200. The van der Waals surface area contributed by atoms with E-state index in [4.69, 9.17) is 16.7 Å². The third-order valence-electron chi connectivity index (χ3n) is 3.21. The zero-order chi connectivity index (χ0) is 11.8. The van der Waals surface area contributed by atoms with Crippen molar-refractivity contribution in [2.24, 2.45) is 0 Å². The van der Waals surface area contributed by atoms with Crippen LogP contribution in [0.3, 0.4) is 0 Å². The quantitative estimate of drug-likeness (QED) is 0.880. The first kappa shape index (κ1) is 11.0. The summed E-state index contributed by atoms with van der Waals surface area (Å²) in [6.07, 6.45) is 0. The predicted molar refractivity (Wildman–Crippen MR) is 67.1 cm³/mol. The largest absolute Gasteiger partial charge is 0.395 e. The third-order valence-corrected chi connectivity index (χ3v) is 3.45. The number of hydrogen-bond donors (Lipinski definition) is 1. The molecular formula is C12H14ClN3O. The van der Waals surface area contributed by atoms with Gasteiger partial charge in [-0.2, -0.15) is 0 Å². The van der Waals surface area contributed by atoms with Crippen LogP contribution in [0.15, 0.2) is 18.2 Å². The van der Waals surface area contributed by atoms with Gasteiger partial charge in [-0.1, -0.05) is 11.6 Å². The van der Waals surface area contributed by atoms with Crippen LogP contribution >= 0.6 is 11.6 Å². The van der Waals surface area contributed by atoms with E-state index in [9.17, 15) is 0 Å². The molecule has 1 aliphatic heterocycles. The van der Waals surface area contributed by atoms with E-state index in [-0.39, 0.29) is 6.61 Å². The fourth-order valence-electron chi connectivity index (χ4n) is 2.38. The topological polar surface area (TPSA) is 41.3 Å². The van der Waals surface area contributed by atoms with Crippen LogP contribution in [0.5, 0.6) is 0 Å². The number of aromatic nitrogens is 2. The first-order chi connectivity index (χ1) is 8.28. The number of hydrogen-bond acceptors (Lipinski definition) is 3. The van der Waals surface area contributed by atoms with Crippen LogP contribution in [0.2, 0.25) is 5.02 Å². The highest BCUT2D eigenvalue weighted by Gasteiger charge is 2.19. The Labute approximate surface area is 104 Å². The number of halogens is 1. The van der Waals surface area contributed by atoms with Crippen molar-refractivity contribution in [3.05, 3.63) is 29.0 Å². The molecule has 1 aromatic heterocycles. The molecule has 5 heteroatoms. The molecule has 0 fully saturated rings. The molecule has 4 nitrogen and oxygen atoms in total. The van der Waals surface area contributed by atoms with Gasteiger partial charge in [0.25, 0.3) is 0 Å². The highest BCUT2D eigenvalue weighted by Crippen LogP contribution is 2.23. The maximum absolute atomic E-state index is 8.96. The molecule has 3 rings (SSSR count). The Balaban J connectivity index is 2.01. The van der Waals surface area contributed by atoms with Crippen LogP contribution in [0.1, 0.15) is 5.82 Å². The molecule has 0 aliphatic carbocycles. The number of fused-ring (bicyclic) bond motifs is 3. The van der Waals surface area contributed by atoms with Crippen molar-refractivity contribution in [3.63, 3.8) is 0 Å². The molecule has 90 valence electrons. The van der Waals surface area contributed by atoms with Gasteiger partial charge in [0.2, 0.25) is 0 Å². The molecule has 0 bridgehead atoms. The predicted octanol–water partition coefficient (Wildman–Crippen LogP) is 1.50. The molecule has 0 radical (unpaired) electrons. The van der Waals surface area contributed by atoms with Gasteiger partial charge in [0.1, 0.15) is 5.82 Å². The molecule has 0 saturated heterocycles. The fourth-order valence-corrected chi connectivity index (χ4v) is 2.54. The Morgan fingerprint density at radius 2 is 2.24 bits per heavy atom. The summed E-state index contributed by atoms with van der Waals surface area (Å²) in [5, 5.41) is 9.68. The van der Waals surface area contributed by atoms with Crippen molar-refractivity contribution in [3.8, 4) is 0 Å². The average Bonchev–Trinajstić information content (AvgIpc) is 2.65. The van der Waals surface area contributed by atoms with Crippen molar-refractivity contribution in [2.45, 2.75) is 13.1 Å². The second kappa shape index (κ2) is 4.29. The molecule has 0 spiro atoms. The lowest BCUT2D eigenvalue weighted by molar-refractivity contribution is 0.166. The van der Waals surface area contributed by atoms with Crippen LogP contribution in [0.25, 0.3) is 11.0 Å². The van der Waals surface area contributed by atoms with Gasteiger partial charge in [0, 0.05) is 24.7 Å². The molecule has 1 aromatic carbocycles. The molecule has 0 amide bonds. The second-order valence-electron chi connectivity index (χ2n) is 4.31. The standard InChI is InChI=1S/C12H14ClN3O/c13-9-1-2-11-10(7-9)14-12-8-15(5-6-17)3-4-16(11)12/h1-2,7,17H,3-6,8H2. The number of nitrogens with zero attached hydrogens (tertiary/aromatic N) is 3. The number of imidazole rings is 1. The van der Waals surface area contributed by atoms with Crippen molar-refractivity contribution in [1.82, 2.24) is 14.5 Å². The van der Waals surface area contributed by atoms with E-state index in [2.05, 4.69) is 14.5 Å². The summed E-state index contributed by atoms with van der Waals surface area (Å²) >= 11 is 5.97. The minimum Gasteiger partial charge on any atom is -0.395 e. The number of aliphatic hydroxyl groups is 1. The van der Waals surface area contributed by atoms with Gasteiger partial charge < -0.3 is 9.67 Å². The number of aliphatic hydroxyl groups excluding tert-OH is 1. The number of benzene rings is 1. The van der Waals surface area contributed by atoms with Gasteiger partial charge in [-0.15, -0.1) is 0 Å². The summed E-state index contributed by atoms with van der Waals surface area (Å²) in [4.78, 5) is 6.81. The van der Waals surface area contributed by atoms with Crippen LogP contribution in [0.4, 0.5) is 0 Å². The van der Waals surface area contributed by atoms with E-state index < -0.39 is 0 Å². The van der Waals surface area contributed by atoms with Crippen molar-refractivity contribution < 1.29 is 5.11 Å². The molecule has 1 aliphatic rings. The molecule has 0 unspecified atom stereocenters. The Kier molecular flexibility index (Phi) is 2.78. The highest BCUT2D eigenvalue weighted by molar-refractivity contribution is 6.31. The van der Waals surface area contributed by atoms with Gasteiger partial charge >= 0.3 is 0 Å². The van der Waals surface area contributed by atoms with E-state index in [1.54, 1.807) is 0 Å². The third kappa shape index (κ3) is 1.92. The summed E-state index contributed by atoms with van der Waals surface area (Å²) < 4.78 is 2.24. The highest BCUT2D eigenvalue weighted by atomic mass is 35.5. The maximum atomic E-state index is 8.96. The minimum atomic E-state index is 0.200. The van der Waals surface area contributed by atoms with E-state index >= 15 is 0 Å². The monoisotopic (exact) mass is 251 g/mol. The summed E-state index contributed by atoms with van der Waals surface area (Å²) in [6.45, 7) is 3.60. The molecule has 0 saturated carbocycles. The number of β-amino-alcohol motifs (C(OH)–C–C–N with tert-alkyl or cyclic N) is 1. The first-order valence-corrected chi connectivity index (χ1v) is 6.13. The van der Waals surface area contributed by atoms with Crippen LogP contribution in [0, 0.1) is 0 Å². The van der Waals surface area contributed by atoms with Crippen LogP contribution < -0.4 is 0 Å². The van der Waals surface area contributed by atoms with Crippen LogP contribution in [-0.2, 0) is 13.1 Å². The van der Waals surface area contributed by atoms with Gasteiger partial charge in [0.05, 0.1) is 24.2 Å². The lowest BCUT2D eigenvalue weighted by atomic mass is 10.3. The van der Waals surface area contributed by atoms with Crippen molar-refractivity contribution in [1.29, 1.82) is 0 Å². The van der Waals surface area contributed by atoms with E-state index in [1.807, 2.05) is 18.2 Å². The van der Waals surface area contributed by atoms with E-state index in [1.165, 1.54) is 0 Å². The van der Waals surface area contributed by atoms with Crippen molar-refractivity contribution in [2.75, 3.05) is 19.7 Å². The lowest BCUT2D eigenvalue weighted by Gasteiger charge is -2.26. The summed E-state index contributed by atoms with van der Waals surface area (Å²) in [7, 11) is 0. The molecule has 17 heavy (non-hydrogen) atoms. The van der Waals surface area contributed by atoms with E-state index in [0.29, 0.717) is 6.54 Å². The number of rotatable bonds is 2. The van der Waals surface area contributed by atoms with Gasteiger partial charge in [-0.05, 0) is 18.2 Å². The zero-order valence-corrected chi connectivity index (χ0v) is 10.2. The van der Waals surface area contributed by atoms with Gasteiger partial charge in [-0.3, -0.25) is 4.90 Å². The normalized spacial score (nSPS) is 16.4. The Bertz CT molecular complexity index is 552. The smallest absolute Gasteiger partial charge is 0.124 e. The van der Waals surface area contributed by atoms with Gasteiger partial charge in [-0.25, -0.2) is 4.98 Å². The molecule has 2 aromatic rings. The van der Waals surface area contributed by atoms with Crippen LogP contribution in [-0.4, -0.2) is 39.3 Å². The molecular weight excluding hydrogens is 238 g/mol. The SMILES string of the molecule is OCCN1CCn2c(nc3cc(Cl)ccc32)C1. The summed E-state index contributed by atoms with van der Waals surface area (Å²) in [5.41, 5.74) is 2.10. The fraction of sp³-hybridized carbons (Fsp3) is 0.417. The summed E-state index contributed by atoms with van der Waals surface area (Å²) in [5.74, 6) is 1.06. The molecule has 2 heterocycles. The molecule has 1 N–H and O–H groups in total. The Morgan fingerprint density at radius 3 is 3.06 bits per heavy atom. The van der Waals surface area contributed by atoms with E-state index in [0.717, 1.165) is 41.5 Å². The summed E-state index contributed by atoms with van der Waals surface area (Å²) in [6, 6.07) is 5.83. The Morgan fingerprint density at radius 1 is 1.35 bits per heavy atom.